The van der Waals surface area contributed by atoms with Crippen molar-refractivity contribution >= 4 is 19.4 Å². The summed E-state index contributed by atoms with van der Waals surface area (Å²) >= 11 is 0. The van der Waals surface area contributed by atoms with E-state index in [0.717, 1.165) is 11.1 Å². The summed E-state index contributed by atoms with van der Waals surface area (Å²) in [5.74, 6) is -0.118. The Bertz CT molecular complexity index is 1200. The van der Waals surface area contributed by atoms with Gasteiger partial charge in [-0.25, -0.2) is 4.57 Å². The fourth-order valence-corrected chi connectivity index (χ4v) is 4.26. The molecule has 0 saturated carbocycles. The Morgan fingerprint density at radius 3 is 1.76 bits per heavy atom. The maximum absolute atomic E-state index is 13.5. The number of para-hydroxylation sites is 1. The smallest absolute Gasteiger partial charge is 0.404 e. The number of phosphoric ester groups is 1. The molecule has 1 amide bonds. The van der Waals surface area contributed by atoms with Crippen molar-refractivity contribution in [2.75, 3.05) is 5.32 Å². The lowest BCUT2D eigenvalue weighted by atomic mass is 10.2. The fourth-order valence-electron chi connectivity index (χ4n) is 3.09. The molecule has 1 N–H and O–H groups in total. The van der Waals surface area contributed by atoms with E-state index in [9.17, 15) is 9.36 Å². The molecule has 0 heterocycles. The highest BCUT2D eigenvalue weighted by atomic mass is 31.2. The monoisotopic (exact) mass is 473 g/mol. The lowest BCUT2D eigenvalue weighted by Crippen LogP contribution is -2.12. The summed E-state index contributed by atoms with van der Waals surface area (Å²) in [7, 11) is -4.02. The van der Waals surface area contributed by atoms with E-state index in [1.807, 2.05) is 78.9 Å². The molecule has 7 heteroatoms. The molecule has 172 valence electrons. The Hall–Kier alpha value is -3.70. The van der Waals surface area contributed by atoms with Crippen molar-refractivity contribution in [2.45, 2.75) is 13.2 Å². The van der Waals surface area contributed by atoms with E-state index < -0.39 is 7.82 Å². The zero-order chi connectivity index (χ0) is 23.6. The molecule has 0 aromatic heterocycles. The van der Waals surface area contributed by atoms with Gasteiger partial charge in [-0.05, 0) is 41.5 Å². The Labute approximate surface area is 198 Å². The van der Waals surface area contributed by atoms with E-state index in [-0.39, 0.29) is 24.9 Å². The first kappa shape index (κ1) is 23.5. The summed E-state index contributed by atoms with van der Waals surface area (Å²) in [4.78, 5) is 12.7. The summed E-state index contributed by atoms with van der Waals surface area (Å²) in [6.45, 7) is 0.0855. The van der Waals surface area contributed by atoms with Crippen LogP contribution in [0.3, 0.4) is 0 Å². The second-order valence-electron chi connectivity index (χ2n) is 7.40. The summed E-state index contributed by atoms with van der Waals surface area (Å²) in [6, 6.07) is 34.2. The Kier molecular flexibility index (Phi) is 7.89. The van der Waals surface area contributed by atoms with E-state index in [1.54, 1.807) is 30.3 Å². The van der Waals surface area contributed by atoms with E-state index >= 15 is 0 Å². The first-order valence-corrected chi connectivity index (χ1v) is 12.2. The molecule has 4 aromatic rings. The number of carbonyl (C=O) groups is 1. The van der Waals surface area contributed by atoms with E-state index in [0.29, 0.717) is 11.3 Å². The van der Waals surface area contributed by atoms with Gasteiger partial charge in [0.2, 0.25) is 0 Å². The molecule has 34 heavy (non-hydrogen) atoms. The quantitative estimate of drug-likeness (QED) is 0.255. The van der Waals surface area contributed by atoms with Crippen molar-refractivity contribution < 1.29 is 22.9 Å². The Morgan fingerprint density at radius 2 is 1.21 bits per heavy atom. The molecule has 4 rings (SSSR count). The van der Waals surface area contributed by atoms with Gasteiger partial charge in [0.25, 0.3) is 5.91 Å². The zero-order valence-electron chi connectivity index (χ0n) is 18.4. The van der Waals surface area contributed by atoms with Crippen molar-refractivity contribution in [3.63, 3.8) is 0 Å². The molecule has 4 aromatic carbocycles. The van der Waals surface area contributed by atoms with Gasteiger partial charge in [0, 0.05) is 11.3 Å². The highest BCUT2D eigenvalue weighted by molar-refractivity contribution is 7.48. The maximum atomic E-state index is 13.5. The molecule has 6 nitrogen and oxygen atoms in total. The minimum Gasteiger partial charge on any atom is -0.404 e. The lowest BCUT2D eigenvalue weighted by Gasteiger charge is -2.19. The van der Waals surface area contributed by atoms with Gasteiger partial charge in [0.05, 0.1) is 13.2 Å². The number of amides is 1. The van der Waals surface area contributed by atoms with Crippen LogP contribution in [0.2, 0.25) is 0 Å². The molecule has 0 atom stereocenters. The van der Waals surface area contributed by atoms with E-state index in [4.69, 9.17) is 13.6 Å². The first-order valence-electron chi connectivity index (χ1n) is 10.7. The molecular weight excluding hydrogens is 449 g/mol. The van der Waals surface area contributed by atoms with Crippen LogP contribution in [-0.4, -0.2) is 5.91 Å². The van der Waals surface area contributed by atoms with Gasteiger partial charge in [0.15, 0.2) is 0 Å². The molecule has 0 aliphatic rings. The van der Waals surface area contributed by atoms with Gasteiger partial charge in [-0.3, -0.25) is 13.8 Å². The highest BCUT2D eigenvalue weighted by Crippen LogP contribution is 2.51. The third-order valence-electron chi connectivity index (χ3n) is 4.81. The predicted molar refractivity (Wildman–Crippen MR) is 132 cm³/mol. The molecule has 0 saturated heterocycles. The average Bonchev–Trinajstić information content (AvgIpc) is 2.88. The average molecular weight is 473 g/mol. The van der Waals surface area contributed by atoms with Crippen LogP contribution in [0, 0.1) is 0 Å². The second-order valence-corrected chi connectivity index (χ2v) is 9.00. The Balaban J connectivity index is 1.49. The minimum atomic E-state index is -4.02. The third kappa shape index (κ3) is 6.90. The largest absolute Gasteiger partial charge is 0.530 e. The number of nitrogens with one attached hydrogen (secondary N) is 1. The van der Waals surface area contributed by atoms with Gasteiger partial charge in [-0.15, -0.1) is 0 Å². The first-order chi connectivity index (χ1) is 16.6. The number of rotatable bonds is 10. The zero-order valence-corrected chi connectivity index (χ0v) is 19.3. The van der Waals surface area contributed by atoms with Crippen molar-refractivity contribution in [3.05, 3.63) is 132 Å². The Morgan fingerprint density at radius 1 is 0.676 bits per heavy atom. The molecule has 0 bridgehead atoms. The molecule has 0 spiro atoms. The number of benzene rings is 4. The molecule has 0 aliphatic heterocycles. The summed E-state index contributed by atoms with van der Waals surface area (Å²) in [5, 5.41) is 2.82. The second kappa shape index (κ2) is 11.4. The van der Waals surface area contributed by atoms with Crippen LogP contribution in [0.5, 0.6) is 5.75 Å². The van der Waals surface area contributed by atoms with Crippen molar-refractivity contribution in [2.24, 2.45) is 0 Å². The third-order valence-corrected chi connectivity index (χ3v) is 6.13. The van der Waals surface area contributed by atoms with E-state index in [2.05, 4.69) is 5.32 Å². The highest BCUT2D eigenvalue weighted by Gasteiger charge is 2.29. The maximum Gasteiger partial charge on any atom is 0.530 e. The number of anilines is 1. The van der Waals surface area contributed by atoms with Crippen molar-refractivity contribution in [1.29, 1.82) is 0 Å². The molecular formula is C27H24NO5P. The van der Waals surface area contributed by atoms with Gasteiger partial charge in [-0.1, -0.05) is 84.9 Å². The molecule has 0 aliphatic carbocycles. The van der Waals surface area contributed by atoms with Crippen LogP contribution in [0.25, 0.3) is 0 Å². The topological polar surface area (TPSA) is 73.9 Å². The molecule has 0 unspecified atom stereocenters. The summed E-state index contributed by atoms with van der Waals surface area (Å²) in [5.41, 5.74) is 2.66. The number of carbonyl (C=O) groups excluding carboxylic acids is 1. The van der Waals surface area contributed by atoms with Gasteiger partial charge >= 0.3 is 7.82 Å². The number of hydrogen-bond donors (Lipinski definition) is 1. The SMILES string of the molecule is O=C(Nc1ccccc1)c1cccc(OP(=O)(OCc2ccccc2)OCc2ccccc2)c1. The standard InChI is InChI=1S/C27H24NO5P/c29-27(28-25-16-8-3-9-17-25)24-15-10-18-26(19-24)33-34(30,31-20-22-11-4-1-5-12-22)32-21-23-13-6-2-7-14-23/h1-19H,20-21H2,(H,28,29). The van der Waals surface area contributed by atoms with Crippen LogP contribution in [-0.2, 0) is 26.8 Å². The van der Waals surface area contributed by atoms with Crippen molar-refractivity contribution in [3.8, 4) is 5.75 Å². The predicted octanol–water partition coefficient (Wildman–Crippen LogP) is 6.86. The minimum absolute atomic E-state index is 0.0427. The number of hydrogen-bond acceptors (Lipinski definition) is 5. The summed E-state index contributed by atoms with van der Waals surface area (Å²) < 4.78 is 30.5. The normalized spacial score (nSPS) is 11.1. The van der Waals surface area contributed by atoms with Gasteiger partial charge < -0.3 is 9.84 Å². The molecule has 0 fully saturated rings. The van der Waals surface area contributed by atoms with Crippen LogP contribution in [0.1, 0.15) is 21.5 Å². The summed E-state index contributed by atoms with van der Waals surface area (Å²) in [6.07, 6.45) is 0. The van der Waals surface area contributed by atoms with Crippen LogP contribution in [0.15, 0.2) is 115 Å². The van der Waals surface area contributed by atoms with Crippen LogP contribution in [0.4, 0.5) is 5.69 Å². The molecule has 0 radical (unpaired) electrons. The van der Waals surface area contributed by atoms with Crippen LogP contribution >= 0.6 is 7.82 Å². The van der Waals surface area contributed by atoms with E-state index in [1.165, 1.54) is 6.07 Å². The van der Waals surface area contributed by atoms with Gasteiger partial charge in [0.1, 0.15) is 5.75 Å². The van der Waals surface area contributed by atoms with Crippen LogP contribution < -0.4 is 9.84 Å². The lowest BCUT2D eigenvalue weighted by molar-refractivity contribution is 0.102. The van der Waals surface area contributed by atoms with Gasteiger partial charge in [-0.2, -0.15) is 0 Å². The van der Waals surface area contributed by atoms with Crippen molar-refractivity contribution in [1.82, 2.24) is 0 Å². The fraction of sp³-hybridized carbons (Fsp3) is 0.0741. The number of phosphoric acid groups is 1.